The highest BCUT2D eigenvalue weighted by Gasteiger charge is 2.45. The van der Waals surface area contributed by atoms with Gasteiger partial charge in [0.05, 0.1) is 11.0 Å². The molecule has 0 unspecified atom stereocenters. The van der Waals surface area contributed by atoms with E-state index in [1.807, 2.05) is 11.3 Å². The van der Waals surface area contributed by atoms with Crippen LogP contribution in [0.4, 0.5) is 34.1 Å². The first-order chi connectivity index (χ1) is 39.6. The molecule has 0 atom stereocenters. The molecule has 0 spiro atoms. The molecular formula is C78H70BN3S. The lowest BCUT2D eigenvalue weighted by Crippen LogP contribution is -2.61. The number of fused-ring (bicyclic) bond motifs is 12. The Morgan fingerprint density at radius 1 is 0.313 bits per heavy atom. The van der Waals surface area contributed by atoms with Crippen LogP contribution in [-0.2, 0) is 21.7 Å². The first-order valence-electron chi connectivity index (χ1n) is 29.8. The van der Waals surface area contributed by atoms with Gasteiger partial charge in [0.15, 0.2) is 0 Å². The van der Waals surface area contributed by atoms with Crippen LogP contribution in [0.3, 0.4) is 0 Å². The molecule has 4 heterocycles. The summed E-state index contributed by atoms with van der Waals surface area (Å²) < 4.78 is 5.10. The Labute approximate surface area is 493 Å². The van der Waals surface area contributed by atoms with E-state index in [4.69, 9.17) is 0 Å². The molecule has 0 amide bonds. The van der Waals surface area contributed by atoms with Gasteiger partial charge in [0.1, 0.15) is 0 Å². The summed E-state index contributed by atoms with van der Waals surface area (Å²) in [4.78, 5) is 5.33. The topological polar surface area (TPSA) is 11.4 Å². The smallest absolute Gasteiger partial charge is 0.252 e. The second-order valence-corrected chi connectivity index (χ2v) is 29.0. The molecule has 11 aromatic carbocycles. The Balaban J connectivity index is 1.10. The normalized spacial score (nSPS) is 13.7. The number of thiophene rings is 1. The Kier molecular flexibility index (Phi) is 11.2. The number of hydrogen-bond acceptors (Lipinski definition) is 3. The molecule has 0 radical (unpaired) electrons. The highest BCUT2D eigenvalue weighted by atomic mass is 32.1. The van der Waals surface area contributed by atoms with Gasteiger partial charge in [0, 0.05) is 70.8 Å². The van der Waals surface area contributed by atoms with Crippen molar-refractivity contribution < 1.29 is 0 Å². The second-order valence-electron chi connectivity index (χ2n) is 28.0. The fourth-order valence-corrected chi connectivity index (χ4v) is 14.7. The molecule has 0 saturated carbocycles. The molecule has 2 aliphatic rings. The third-order valence-electron chi connectivity index (χ3n) is 18.2. The summed E-state index contributed by atoms with van der Waals surface area (Å²) in [5.74, 6) is 0. The zero-order chi connectivity index (χ0) is 57.2. The fourth-order valence-electron chi connectivity index (χ4n) is 13.6. The monoisotopic (exact) mass is 1090 g/mol. The first kappa shape index (κ1) is 51.5. The molecule has 15 rings (SSSR count). The van der Waals surface area contributed by atoms with Crippen molar-refractivity contribution in [1.29, 1.82) is 0 Å². The van der Waals surface area contributed by atoms with Crippen molar-refractivity contribution in [2.24, 2.45) is 0 Å². The lowest BCUT2D eigenvalue weighted by atomic mass is 9.33. The summed E-state index contributed by atoms with van der Waals surface area (Å²) in [6, 6.07) is 80.1. The van der Waals surface area contributed by atoms with Crippen LogP contribution in [0, 0.1) is 0 Å². The van der Waals surface area contributed by atoms with Gasteiger partial charge in [-0.15, -0.1) is 11.3 Å². The van der Waals surface area contributed by atoms with E-state index in [1.54, 1.807) is 0 Å². The Bertz CT molecular complexity index is 4600. The average Bonchev–Trinajstić information content (AvgIpc) is 1.91. The van der Waals surface area contributed by atoms with Crippen LogP contribution in [0.15, 0.2) is 206 Å². The van der Waals surface area contributed by atoms with Crippen LogP contribution in [0.1, 0.15) is 105 Å². The number of nitrogens with zero attached hydrogens (tertiary/aromatic N) is 3. The Morgan fingerprint density at radius 2 is 0.771 bits per heavy atom. The third-order valence-corrected chi connectivity index (χ3v) is 19.4. The molecule has 2 aliphatic heterocycles. The number of benzene rings is 11. The van der Waals surface area contributed by atoms with E-state index >= 15 is 0 Å². The molecule has 0 aliphatic carbocycles. The van der Waals surface area contributed by atoms with Crippen molar-refractivity contribution in [3.05, 3.63) is 229 Å². The van der Waals surface area contributed by atoms with Crippen LogP contribution in [-0.4, -0.2) is 11.3 Å². The molecular weight excluding hydrogens is 1020 g/mol. The van der Waals surface area contributed by atoms with Crippen molar-refractivity contribution in [2.45, 2.75) is 105 Å². The molecule has 83 heavy (non-hydrogen) atoms. The van der Waals surface area contributed by atoms with Crippen molar-refractivity contribution in [3.8, 4) is 16.8 Å². The molecule has 0 N–H and O–H groups in total. The SMILES string of the molecule is CC(C)(C)c1cc(N2c3cc4ccccc4cc3B3c4cc5ccccc5cc4N(c4cc(C(C)(C)C)cc(C(C)(C)C)c4)c4cc(-c5ccc6c(c5)c5cc7c(cc5n6-c5ccccc5)sc5ccccc57)cc2c43)cc(C(C)(C)C)c1. The van der Waals surface area contributed by atoms with Gasteiger partial charge >= 0.3 is 0 Å². The number of aromatic nitrogens is 1. The van der Waals surface area contributed by atoms with Gasteiger partial charge in [0.25, 0.3) is 6.71 Å². The van der Waals surface area contributed by atoms with Gasteiger partial charge < -0.3 is 14.4 Å². The quantitative estimate of drug-likeness (QED) is 0.163. The molecule has 5 heteroatoms. The maximum atomic E-state index is 2.67. The summed E-state index contributed by atoms with van der Waals surface area (Å²) in [7, 11) is 0. The van der Waals surface area contributed by atoms with Gasteiger partial charge in [-0.1, -0.05) is 198 Å². The predicted molar refractivity (Wildman–Crippen MR) is 363 cm³/mol. The van der Waals surface area contributed by atoms with E-state index in [-0.39, 0.29) is 28.4 Å². The number of para-hydroxylation sites is 1. The van der Waals surface area contributed by atoms with E-state index in [0.29, 0.717) is 0 Å². The summed E-state index contributed by atoms with van der Waals surface area (Å²) in [5.41, 5.74) is 22.0. The Morgan fingerprint density at radius 3 is 1.28 bits per heavy atom. The summed E-state index contributed by atoms with van der Waals surface area (Å²) in [6.45, 7) is 28.3. The lowest BCUT2D eigenvalue weighted by Gasteiger charge is -2.45. The summed E-state index contributed by atoms with van der Waals surface area (Å²) in [5, 5.41) is 10.1. The van der Waals surface area contributed by atoms with Gasteiger partial charge in [-0.2, -0.15) is 0 Å². The number of hydrogen-bond donors (Lipinski definition) is 0. The molecule has 0 saturated heterocycles. The molecule has 0 fully saturated rings. The average molecular weight is 1090 g/mol. The van der Waals surface area contributed by atoms with E-state index in [1.165, 1.54) is 147 Å². The minimum Gasteiger partial charge on any atom is -0.311 e. The standard InChI is InChI=1S/C78H70BN3S/c1-75(2,3)53-39-54(76(4,5)6)42-58(41-53)81-68-35-49-24-18-16-22-47(49)33-64(68)79-65-34-48-23-17-19-25-50(48)36-69(65)82(59-43-55(77(7,8)9)40-56(44-59)78(10,11)12)71-38-52(37-70(81)74(71)79)51-30-31-66-61(32-51)62-45-63-60-28-20-21-29-72(60)83-73(63)46-67(62)80(66)57-26-14-13-15-27-57/h13-46H,1-12H3. The highest BCUT2D eigenvalue weighted by Crippen LogP contribution is 2.51. The predicted octanol–water partition coefficient (Wildman–Crippen LogP) is 20.4. The number of rotatable bonds is 4. The fraction of sp³-hybridized carbons (Fsp3) is 0.205. The van der Waals surface area contributed by atoms with Gasteiger partial charge in [-0.3, -0.25) is 0 Å². The van der Waals surface area contributed by atoms with Gasteiger partial charge in [-0.05, 0) is 184 Å². The van der Waals surface area contributed by atoms with Crippen LogP contribution in [0.5, 0.6) is 0 Å². The minimum absolute atomic E-state index is 0.0734. The third kappa shape index (κ3) is 8.28. The van der Waals surface area contributed by atoms with Crippen molar-refractivity contribution >= 4 is 132 Å². The van der Waals surface area contributed by atoms with Crippen LogP contribution >= 0.6 is 11.3 Å². The second kappa shape index (κ2) is 18.1. The molecule has 406 valence electrons. The largest absolute Gasteiger partial charge is 0.311 e. The van der Waals surface area contributed by atoms with Crippen LogP contribution < -0.4 is 26.2 Å². The minimum atomic E-state index is -0.101. The van der Waals surface area contributed by atoms with Crippen molar-refractivity contribution in [1.82, 2.24) is 4.57 Å². The van der Waals surface area contributed by atoms with Gasteiger partial charge in [-0.25, -0.2) is 0 Å². The molecule has 0 bridgehead atoms. The van der Waals surface area contributed by atoms with Crippen molar-refractivity contribution in [2.75, 3.05) is 9.80 Å². The lowest BCUT2D eigenvalue weighted by molar-refractivity contribution is 0.568. The zero-order valence-electron chi connectivity index (χ0n) is 50.0. The summed E-state index contributed by atoms with van der Waals surface area (Å²) in [6.07, 6.45) is 0. The maximum absolute atomic E-state index is 2.67. The zero-order valence-corrected chi connectivity index (χ0v) is 50.8. The van der Waals surface area contributed by atoms with E-state index in [9.17, 15) is 0 Å². The maximum Gasteiger partial charge on any atom is 0.252 e. The summed E-state index contributed by atoms with van der Waals surface area (Å²) >= 11 is 1.89. The van der Waals surface area contributed by atoms with E-state index in [0.717, 1.165) is 5.69 Å². The van der Waals surface area contributed by atoms with Gasteiger partial charge in [0.2, 0.25) is 0 Å². The highest BCUT2D eigenvalue weighted by molar-refractivity contribution is 7.25. The molecule has 2 aromatic heterocycles. The number of anilines is 6. The Hall–Kier alpha value is -8.38. The van der Waals surface area contributed by atoms with E-state index in [2.05, 4.69) is 304 Å². The van der Waals surface area contributed by atoms with Crippen molar-refractivity contribution in [3.63, 3.8) is 0 Å². The van der Waals surface area contributed by atoms with Crippen LogP contribution in [0.25, 0.3) is 80.3 Å². The van der Waals surface area contributed by atoms with Crippen LogP contribution in [0.2, 0.25) is 0 Å². The molecule has 3 nitrogen and oxygen atoms in total. The van der Waals surface area contributed by atoms with E-state index < -0.39 is 0 Å². The first-order valence-corrected chi connectivity index (χ1v) is 30.6. The molecule has 13 aromatic rings.